The van der Waals surface area contributed by atoms with Gasteiger partial charge in [0.05, 0.1) is 11.2 Å². The highest BCUT2D eigenvalue weighted by Gasteiger charge is 2.52. The Morgan fingerprint density at radius 3 is 1.46 bits per heavy atom. The molecule has 264 valence electrons. The summed E-state index contributed by atoms with van der Waals surface area (Å²) in [7, 11) is -0.353. The Hall–Kier alpha value is -3.14. The van der Waals surface area contributed by atoms with Crippen LogP contribution in [0.1, 0.15) is 143 Å². The molecule has 0 amide bonds. The summed E-state index contributed by atoms with van der Waals surface area (Å²) in [6.07, 6.45) is 18.2. The second-order valence-electron chi connectivity index (χ2n) is 16.2. The van der Waals surface area contributed by atoms with Gasteiger partial charge in [-0.1, -0.05) is 176 Å². The van der Waals surface area contributed by atoms with Crippen molar-refractivity contribution in [2.75, 3.05) is 0 Å². The van der Waals surface area contributed by atoms with Crippen LogP contribution in [0.5, 0.6) is 0 Å². The van der Waals surface area contributed by atoms with Crippen molar-refractivity contribution in [3.8, 4) is 33.4 Å². The van der Waals surface area contributed by atoms with Crippen molar-refractivity contribution in [1.29, 1.82) is 0 Å². The number of hydrogen-bond acceptors (Lipinski definition) is 2. The number of fused-ring (bicyclic) bond motifs is 3. The maximum Gasteiger partial charge on any atom is 0.494 e. The Labute approximate surface area is 304 Å². The summed E-state index contributed by atoms with van der Waals surface area (Å²) in [5, 5.41) is 0. The van der Waals surface area contributed by atoms with Crippen LogP contribution in [0.4, 0.5) is 0 Å². The van der Waals surface area contributed by atoms with Crippen LogP contribution in [-0.4, -0.2) is 18.3 Å². The Balaban J connectivity index is 1.39. The first-order valence-corrected chi connectivity index (χ1v) is 20.0. The lowest BCUT2D eigenvalue weighted by atomic mass is 9.68. The molecular weight excluding hydrogens is 607 g/mol. The smallest absolute Gasteiger partial charge is 0.399 e. The van der Waals surface area contributed by atoms with E-state index in [1.807, 2.05) is 0 Å². The molecule has 0 atom stereocenters. The minimum atomic E-state index is -0.362. The van der Waals surface area contributed by atoms with Gasteiger partial charge in [-0.3, -0.25) is 0 Å². The van der Waals surface area contributed by atoms with Crippen molar-refractivity contribution in [1.82, 2.24) is 0 Å². The SMILES string of the molecule is CCCCCCCCC1(CCCCCCCC)c2cc(B3OC(C)(C)C(C)(C)O3)ccc2-c2ccc(-c3ccc(-c4ccccc4)cc3)cc21. The lowest BCUT2D eigenvalue weighted by molar-refractivity contribution is 0.00578. The van der Waals surface area contributed by atoms with Crippen LogP contribution in [0.3, 0.4) is 0 Å². The van der Waals surface area contributed by atoms with Crippen molar-refractivity contribution < 1.29 is 9.31 Å². The van der Waals surface area contributed by atoms with E-state index in [-0.39, 0.29) is 23.7 Å². The summed E-state index contributed by atoms with van der Waals surface area (Å²) < 4.78 is 13.2. The Bertz CT molecular complexity index is 1650. The monoisotopic (exact) mass is 668 g/mol. The fourth-order valence-corrected chi connectivity index (χ4v) is 8.38. The normalized spacial score (nSPS) is 16.8. The molecule has 50 heavy (non-hydrogen) atoms. The van der Waals surface area contributed by atoms with E-state index >= 15 is 0 Å². The highest BCUT2D eigenvalue weighted by molar-refractivity contribution is 6.62. The van der Waals surface area contributed by atoms with E-state index in [4.69, 9.17) is 9.31 Å². The van der Waals surface area contributed by atoms with Crippen molar-refractivity contribution >= 4 is 12.6 Å². The van der Waals surface area contributed by atoms with Crippen LogP contribution in [0.2, 0.25) is 0 Å². The molecular formula is C47H61BO2. The third-order valence-electron chi connectivity index (χ3n) is 12.1. The van der Waals surface area contributed by atoms with Gasteiger partial charge in [-0.2, -0.15) is 0 Å². The van der Waals surface area contributed by atoms with Gasteiger partial charge < -0.3 is 9.31 Å². The van der Waals surface area contributed by atoms with E-state index in [9.17, 15) is 0 Å². The molecule has 0 bridgehead atoms. The van der Waals surface area contributed by atoms with Crippen LogP contribution < -0.4 is 5.46 Å². The molecule has 1 fully saturated rings. The molecule has 1 aliphatic heterocycles. The molecule has 0 spiro atoms. The second kappa shape index (κ2) is 16.0. The minimum Gasteiger partial charge on any atom is -0.399 e. The first-order chi connectivity index (χ1) is 24.2. The van der Waals surface area contributed by atoms with Gasteiger partial charge in [0.15, 0.2) is 0 Å². The van der Waals surface area contributed by atoms with Gasteiger partial charge in [-0.05, 0) is 96.6 Å². The second-order valence-corrected chi connectivity index (χ2v) is 16.2. The van der Waals surface area contributed by atoms with Gasteiger partial charge in [0, 0.05) is 5.41 Å². The minimum absolute atomic E-state index is 0.0141. The molecule has 4 aromatic carbocycles. The average Bonchev–Trinajstić information content (AvgIpc) is 3.52. The Morgan fingerprint density at radius 1 is 0.460 bits per heavy atom. The van der Waals surface area contributed by atoms with E-state index in [1.54, 1.807) is 0 Å². The van der Waals surface area contributed by atoms with E-state index < -0.39 is 0 Å². The summed E-state index contributed by atoms with van der Waals surface area (Å²) in [6.45, 7) is 13.3. The standard InChI is InChI=1S/C47H61BO2/c1-7-9-11-13-15-20-32-47(33-21-16-14-12-10-8-2)43-34-39(38-26-24-37(25-27-38)36-22-18-17-19-23-36)28-30-41(43)42-31-29-40(35-44(42)47)48-49-45(3,4)46(5,6)50-48/h17-19,22-31,34-35H,7-16,20-21,32-33H2,1-6H3. The third kappa shape index (κ3) is 7.70. The zero-order valence-electron chi connectivity index (χ0n) is 32.0. The summed E-state index contributed by atoms with van der Waals surface area (Å²) in [4.78, 5) is 0. The molecule has 0 aromatic heterocycles. The van der Waals surface area contributed by atoms with Crippen LogP contribution in [0.15, 0.2) is 91.0 Å². The molecule has 3 heteroatoms. The maximum atomic E-state index is 6.62. The van der Waals surface area contributed by atoms with Crippen molar-refractivity contribution in [3.05, 3.63) is 102 Å². The van der Waals surface area contributed by atoms with E-state index in [0.717, 1.165) is 5.46 Å². The predicted molar refractivity (Wildman–Crippen MR) is 215 cm³/mol. The molecule has 2 nitrogen and oxygen atoms in total. The summed E-state index contributed by atoms with van der Waals surface area (Å²) in [5.41, 5.74) is 11.4. The zero-order chi connectivity index (χ0) is 35.2. The van der Waals surface area contributed by atoms with Gasteiger partial charge >= 0.3 is 7.12 Å². The van der Waals surface area contributed by atoms with Crippen molar-refractivity contribution in [2.24, 2.45) is 0 Å². The molecule has 4 aromatic rings. The number of rotatable bonds is 17. The molecule has 0 N–H and O–H groups in total. The van der Waals surface area contributed by atoms with Crippen LogP contribution in [0.25, 0.3) is 33.4 Å². The lowest BCUT2D eigenvalue weighted by Gasteiger charge is -2.33. The van der Waals surface area contributed by atoms with Crippen LogP contribution in [-0.2, 0) is 14.7 Å². The highest BCUT2D eigenvalue weighted by atomic mass is 16.7. The first-order valence-electron chi connectivity index (χ1n) is 20.0. The van der Waals surface area contributed by atoms with E-state index in [1.165, 1.54) is 134 Å². The molecule has 1 heterocycles. The summed E-state index contributed by atoms with van der Waals surface area (Å²) in [5.74, 6) is 0. The predicted octanol–water partition coefficient (Wildman–Crippen LogP) is 13.1. The molecule has 6 rings (SSSR count). The highest BCUT2D eigenvalue weighted by Crippen LogP contribution is 2.55. The molecule has 1 saturated heterocycles. The van der Waals surface area contributed by atoms with Gasteiger partial charge in [0.2, 0.25) is 0 Å². The molecule has 2 aliphatic rings. The van der Waals surface area contributed by atoms with Crippen LogP contribution >= 0.6 is 0 Å². The largest absolute Gasteiger partial charge is 0.494 e. The van der Waals surface area contributed by atoms with Crippen LogP contribution in [0, 0.1) is 0 Å². The molecule has 0 radical (unpaired) electrons. The molecule has 0 saturated carbocycles. The number of unbranched alkanes of at least 4 members (excludes halogenated alkanes) is 10. The Morgan fingerprint density at radius 2 is 0.900 bits per heavy atom. The lowest BCUT2D eigenvalue weighted by Crippen LogP contribution is -2.41. The number of benzene rings is 4. The molecule has 1 aliphatic carbocycles. The summed E-state index contributed by atoms with van der Waals surface area (Å²) in [6, 6.07) is 34.4. The molecule has 0 unspecified atom stereocenters. The van der Waals surface area contributed by atoms with E-state index in [2.05, 4.69) is 133 Å². The fraction of sp³-hybridized carbons (Fsp3) is 0.489. The van der Waals surface area contributed by atoms with Gasteiger partial charge in [-0.25, -0.2) is 0 Å². The van der Waals surface area contributed by atoms with Gasteiger partial charge in [-0.15, -0.1) is 0 Å². The summed E-state index contributed by atoms with van der Waals surface area (Å²) >= 11 is 0. The topological polar surface area (TPSA) is 18.5 Å². The Kier molecular flexibility index (Phi) is 11.8. The number of hydrogen-bond donors (Lipinski definition) is 0. The van der Waals surface area contributed by atoms with Crippen molar-refractivity contribution in [2.45, 2.75) is 148 Å². The quantitative estimate of drug-likeness (QED) is 0.0823. The fourth-order valence-electron chi connectivity index (χ4n) is 8.38. The average molecular weight is 669 g/mol. The van der Waals surface area contributed by atoms with Crippen molar-refractivity contribution in [3.63, 3.8) is 0 Å². The maximum absolute atomic E-state index is 6.62. The van der Waals surface area contributed by atoms with E-state index in [0.29, 0.717) is 0 Å². The van der Waals surface area contributed by atoms with Gasteiger partial charge in [0.1, 0.15) is 0 Å². The van der Waals surface area contributed by atoms with Gasteiger partial charge in [0.25, 0.3) is 0 Å². The third-order valence-corrected chi connectivity index (χ3v) is 12.1. The first kappa shape index (κ1) is 36.6. The zero-order valence-corrected chi connectivity index (χ0v) is 32.0.